The summed E-state index contributed by atoms with van der Waals surface area (Å²) in [6, 6.07) is 17.7. The van der Waals surface area contributed by atoms with Crippen molar-refractivity contribution in [3.63, 3.8) is 0 Å². The Morgan fingerprint density at radius 2 is 1.65 bits per heavy atom. The van der Waals surface area contributed by atoms with Crippen LogP contribution in [0.15, 0.2) is 59.5 Å². The summed E-state index contributed by atoms with van der Waals surface area (Å²) in [4.78, 5) is 1.21. The maximum atomic E-state index is 5.82. The molecule has 2 rings (SSSR count). The van der Waals surface area contributed by atoms with Crippen molar-refractivity contribution in [3.8, 4) is 5.75 Å². The fourth-order valence-electron chi connectivity index (χ4n) is 1.37. The summed E-state index contributed by atoms with van der Waals surface area (Å²) in [5, 5.41) is 0.773. The highest BCUT2D eigenvalue weighted by Crippen LogP contribution is 2.20. The van der Waals surface area contributed by atoms with Crippen LogP contribution in [0.1, 0.15) is 0 Å². The number of hydrogen-bond acceptors (Lipinski definition) is 2. The average Bonchev–Trinajstić information content (AvgIpc) is 2.38. The molecule has 0 heterocycles. The van der Waals surface area contributed by atoms with E-state index in [1.165, 1.54) is 4.90 Å². The number of para-hydroxylation sites is 1. The zero-order chi connectivity index (χ0) is 11.9. The van der Waals surface area contributed by atoms with Gasteiger partial charge >= 0.3 is 0 Å². The van der Waals surface area contributed by atoms with Crippen molar-refractivity contribution in [2.24, 2.45) is 0 Å². The molecule has 0 aliphatic heterocycles. The molecule has 1 nitrogen and oxygen atoms in total. The lowest BCUT2D eigenvalue weighted by Crippen LogP contribution is -1.99. The molecule has 0 N–H and O–H groups in total. The number of halogens is 1. The molecule has 17 heavy (non-hydrogen) atoms. The van der Waals surface area contributed by atoms with Crippen molar-refractivity contribution in [2.45, 2.75) is 4.90 Å². The second kappa shape index (κ2) is 6.58. The van der Waals surface area contributed by atoms with E-state index in [0.717, 1.165) is 16.5 Å². The van der Waals surface area contributed by atoms with Crippen molar-refractivity contribution in [1.29, 1.82) is 0 Å². The zero-order valence-electron chi connectivity index (χ0n) is 9.30. The van der Waals surface area contributed by atoms with E-state index in [4.69, 9.17) is 16.3 Å². The Hall–Kier alpha value is -1.12. The van der Waals surface area contributed by atoms with E-state index in [1.54, 1.807) is 11.8 Å². The van der Waals surface area contributed by atoms with Crippen molar-refractivity contribution >= 4 is 23.4 Å². The molecular formula is C14H13ClOS. The minimum absolute atomic E-state index is 0.706. The normalized spacial score (nSPS) is 10.2. The van der Waals surface area contributed by atoms with Gasteiger partial charge in [0.15, 0.2) is 0 Å². The summed E-state index contributed by atoms with van der Waals surface area (Å²) in [5.74, 6) is 1.85. The van der Waals surface area contributed by atoms with Crippen molar-refractivity contribution < 1.29 is 4.74 Å². The van der Waals surface area contributed by atoms with E-state index < -0.39 is 0 Å². The summed E-state index contributed by atoms with van der Waals surface area (Å²) < 4.78 is 5.60. The van der Waals surface area contributed by atoms with E-state index in [1.807, 2.05) is 54.6 Å². The Morgan fingerprint density at radius 1 is 0.941 bits per heavy atom. The number of hydrogen-bond donors (Lipinski definition) is 0. The van der Waals surface area contributed by atoms with Gasteiger partial charge in [-0.15, -0.1) is 11.8 Å². The predicted octanol–water partition coefficient (Wildman–Crippen LogP) is 4.51. The van der Waals surface area contributed by atoms with E-state index in [0.29, 0.717) is 6.61 Å². The largest absolute Gasteiger partial charge is 0.493 e. The van der Waals surface area contributed by atoms with E-state index >= 15 is 0 Å². The molecule has 0 saturated carbocycles. The van der Waals surface area contributed by atoms with Gasteiger partial charge in [-0.25, -0.2) is 0 Å². The fourth-order valence-corrected chi connectivity index (χ4v) is 2.22. The first-order chi connectivity index (χ1) is 8.34. The maximum absolute atomic E-state index is 5.82. The highest BCUT2D eigenvalue weighted by molar-refractivity contribution is 7.99. The van der Waals surface area contributed by atoms with Crippen LogP contribution in [0.4, 0.5) is 0 Å². The summed E-state index contributed by atoms with van der Waals surface area (Å²) in [6.45, 7) is 0.706. The number of ether oxygens (including phenoxy) is 1. The van der Waals surface area contributed by atoms with Gasteiger partial charge in [0.1, 0.15) is 5.75 Å². The Morgan fingerprint density at radius 3 is 2.35 bits per heavy atom. The summed E-state index contributed by atoms with van der Waals surface area (Å²) in [7, 11) is 0. The molecule has 0 amide bonds. The molecule has 0 spiro atoms. The van der Waals surface area contributed by atoms with E-state index in [2.05, 4.69) is 0 Å². The van der Waals surface area contributed by atoms with Gasteiger partial charge in [-0.2, -0.15) is 0 Å². The van der Waals surface area contributed by atoms with Crippen molar-refractivity contribution in [2.75, 3.05) is 12.4 Å². The topological polar surface area (TPSA) is 9.23 Å². The molecule has 0 aromatic heterocycles. The molecular weight excluding hydrogens is 252 g/mol. The Bertz CT molecular complexity index is 442. The van der Waals surface area contributed by atoms with Crippen molar-refractivity contribution in [1.82, 2.24) is 0 Å². The third-order valence-corrected chi connectivity index (χ3v) is 3.41. The first-order valence-electron chi connectivity index (χ1n) is 5.41. The van der Waals surface area contributed by atoms with Gasteiger partial charge in [-0.3, -0.25) is 0 Å². The van der Waals surface area contributed by atoms with Crippen LogP contribution in [0.5, 0.6) is 5.75 Å². The second-order valence-electron chi connectivity index (χ2n) is 3.46. The van der Waals surface area contributed by atoms with Crippen LogP contribution in [0, 0.1) is 0 Å². The maximum Gasteiger partial charge on any atom is 0.119 e. The van der Waals surface area contributed by atoms with Crippen LogP contribution in [0.2, 0.25) is 5.02 Å². The smallest absolute Gasteiger partial charge is 0.119 e. The van der Waals surface area contributed by atoms with Gasteiger partial charge in [0, 0.05) is 15.7 Å². The van der Waals surface area contributed by atoms with Gasteiger partial charge in [0.05, 0.1) is 6.61 Å². The quantitative estimate of drug-likeness (QED) is 0.580. The Kier molecular flexibility index (Phi) is 4.77. The lowest BCUT2D eigenvalue weighted by Gasteiger charge is -2.05. The summed E-state index contributed by atoms with van der Waals surface area (Å²) >= 11 is 7.58. The highest BCUT2D eigenvalue weighted by atomic mass is 35.5. The third kappa shape index (κ3) is 4.33. The van der Waals surface area contributed by atoms with Crippen molar-refractivity contribution in [3.05, 3.63) is 59.6 Å². The highest BCUT2D eigenvalue weighted by Gasteiger charge is 1.95. The minimum Gasteiger partial charge on any atom is -0.493 e. The van der Waals surface area contributed by atoms with E-state index in [-0.39, 0.29) is 0 Å². The first kappa shape index (κ1) is 12.3. The number of rotatable bonds is 5. The lowest BCUT2D eigenvalue weighted by molar-refractivity contribution is 0.344. The van der Waals surface area contributed by atoms with Crippen LogP contribution in [-0.2, 0) is 0 Å². The van der Waals surface area contributed by atoms with Gasteiger partial charge in [0.2, 0.25) is 0 Å². The molecule has 0 fully saturated rings. The molecule has 0 unspecified atom stereocenters. The molecule has 0 radical (unpaired) electrons. The number of thioether (sulfide) groups is 1. The third-order valence-electron chi connectivity index (χ3n) is 2.18. The average molecular weight is 265 g/mol. The van der Waals surface area contributed by atoms with Crippen LogP contribution >= 0.6 is 23.4 Å². The molecule has 2 aromatic carbocycles. The summed E-state index contributed by atoms with van der Waals surface area (Å²) in [6.07, 6.45) is 0. The second-order valence-corrected chi connectivity index (χ2v) is 5.07. The Labute approximate surface area is 111 Å². The van der Waals surface area contributed by atoms with Crippen LogP contribution in [-0.4, -0.2) is 12.4 Å². The standard InChI is InChI=1S/C14H13ClOS/c15-12-6-8-14(9-7-12)17-11-10-16-13-4-2-1-3-5-13/h1-9H,10-11H2. The fraction of sp³-hybridized carbons (Fsp3) is 0.143. The Balaban J connectivity index is 1.71. The molecule has 0 atom stereocenters. The van der Waals surface area contributed by atoms with Crippen LogP contribution < -0.4 is 4.74 Å². The molecule has 88 valence electrons. The van der Waals surface area contributed by atoms with Crippen LogP contribution in [0.25, 0.3) is 0 Å². The molecule has 0 saturated heterocycles. The lowest BCUT2D eigenvalue weighted by atomic mass is 10.3. The van der Waals surface area contributed by atoms with Gasteiger partial charge in [-0.05, 0) is 36.4 Å². The SMILES string of the molecule is Clc1ccc(SCCOc2ccccc2)cc1. The van der Waals surface area contributed by atoms with Crippen LogP contribution in [0.3, 0.4) is 0 Å². The molecule has 3 heteroatoms. The first-order valence-corrected chi connectivity index (χ1v) is 6.77. The zero-order valence-corrected chi connectivity index (χ0v) is 10.9. The van der Waals surface area contributed by atoms with Gasteiger partial charge < -0.3 is 4.74 Å². The number of benzene rings is 2. The van der Waals surface area contributed by atoms with Gasteiger partial charge in [0.25, 0.3) is 0 Å². The van der Waals surface area contributed by atoms with E-state index in [9.17, 15) is 0 Å². The minimum atomic E-state index is 0.706. The molecule has 0 bridgehead atoms. The van der Waals surface area contributed by atoms with Gasteiger partial charge in [-0.1, -0.05) is 29.8 Å². The monoisotopic (exact) mass is 264 g/mol. The summed E-state index contributed by atoms with van der Waals surface area (Å²) in [5.41, 5.74) is 0. The molecule has 0 aliphatic carbocycles. The predicted molar refractivity (Wildman–Crippen MR) is 74.1 cm³/mol. The molecule has 0 aliphatic rings. The molecule has 2 aromatic rings.